The second-order valence-electron chi connectivity index (χ2n) is 5.44. The molecule has 0 aromatic carbocycles. The van der Waals surface area contributed by atoms with E-state index in [9.17, 15) is 40.9 Å². The average Bonchev–Trinajstić information content (AvgIpc) is 2.77. The van der Waals surface area contributed by atoms with Gasteiger partial charge in [-0.3, -0.25) is 0 Å². The van der Waals surface area contributed by atoms with Gasteiger partial charge in [-0.15, -0.1) is 0 Å². The third-order valence-corrected chi connectivity index (χ3v) is 6.65. The first-order valence-electron chi connectivity index (χ1n) is 6.89. The minimum Gasteiger partial charge on any atom is -0.394 e. The Labute approximate surface area is 130 Å². The molecule has 0 aliphatic carbocycles. The second-order valence-corrected chi connectivity index (χ2v) is 7.79. The molecule has 9 atom stereocenters. The zero-order valence-electron chi connectivity index (χ0n) is 11.9. The van der Waals surface area contributed by atoms with Crippen LogP contribution in [-0.4, -0.2) is 119 Å². The van der Waals surface area contributed by atoms with Crippen molar-refractivity contribution in [2.75, 3.05) is 24.7 Å². The van der Waals surface area contributed by atoms with E-state index < -0.39 is 72.1 Å². The molecule has 0 bridgehead atoms. The summed E-state index contributed by atoms with van der Waals surface area (Å²) in [5.41, 5.74) is 0. The normalized spacial score (nSPS) is 35.9. The Morgan fingerprint density at radius 2 is 1.41 bits per heavy atom. The first-order chi connectivity index (χ1) is 10.2. The molecule has 0 aromatic heterocycles. The summed E-state index contributed by atoms with van der Waals surface area (Å²) in [5.74, 6) is 0.0492. The number of aliphatic hydroxyl groups is 9. The summed E-state index contributed by atoms with van der Waals surface area (Å²) in [6.07, 6.45) is -10.8. The zero-order chi connectivity index (χ0) is 17.0. The molecule has 0 amide bonds. The molecule has 0 radical (unpaired) electrons. The van der Waals surface area contributed by atoms with Crippen LogP contribution in [0.4, 0.5) is 0 Å². The van der Waals surface area contributed by atoms with Gasteiger partial charge in [-0.25, -0.2) is 0 Å². The molecule has 1 fully saturated rings. The molecule has 1 unspecified atom stereocenters. The van der Waals surface area contributed by atoms with E-state index in [1.54, 1.807) is 0 Å². The highest BCUT2D eigenvalue weighted by atomic mass is 32.2. The van der Waals surface area contributed by atoms with Crippen LogP contribution in [0.15, 0.2) is 0 Å². The monoisotopic (exact) mass is 345 g/mol. The summed E-state index contributed by atoms with van der Waals surface area (Å²) < 4.78 is 0. The zero-order valence-corrected chi connectivity index (χ0v) is 12.7. The summed E-state index contributed by atoms with van der Waals surface area (Å²) in [6.45, 7) is -1.21. The van der Waals surface area contributed by atoms with Crippen LogP contribution in [0, 0.1) is 0 Å². The molecule has 0 saturated carbocycles. The largest absolute Gasteiger partial charge is 0.394 e. The quantitative estimate of drug-likeness (QED) is 0.194. The highest BCUT2D eigenvalue weighted by molar-refractivity contribution is 7.97. The SMILES string of the molecule is OC[C@@H](O)[C@H](O)[C@@H](O)[C@H](O)[C@H](O)C[S+]1C[C@@H](O)[C@H](O)[C@H]1CO. The van der Waals surface area contributed by atoms with Gasteiger partial charge in [-0.1, -0.05) is 0 Å². The van der Waals surface area contributed by atoms with Crippen molar-refractivity contribution >= 4 is 10.9 Å². The summed E-state index contributed by atoms with van der Waals surface area (Å²) in [4.78, 5) is 0. The maximum atomic E-state index is 9.93. The summed E-state index contributed by atoms with van der Waals surface area (Å²) in [7, 11) is -0.783. The Balaban J connectivity index is 2.62. The van der Waals surface area contributed by atoms with Gasteiger partial charge in [-0.05, 0) is 0 Å². The van der Waals surface area contributed by atoms with E-state index in [0.29, 0.717) is 0 Å². The highest BCUT2D eigenvalue weighted by Crippen LogP contribution is 2.25. The van der Waals surface area contributed by atoms with Crippen LogP contribution in [0.2, 0.25) is 0 Å². The van der Waals surface area contributed by atoms with E-state index in [2.05, 4.69) is 0 Å². The van der Waals surface area contributed by atoms with Crippen molar-refractivity contribution in [2.45, 2.75) is 48.0 Å². The molecule has 22 heavy (non-hydrogen) atoms. The van der Waals surface area contributed by atoms with Gasteiger partial charge < -0.3 is 46.0 Å². The molecule has 10 heteroatoms. The summed E-state index contributed by atoms with van der Waals surface area (Å²) in [6, 6.07) is 0. The van der Waals surface area contributed by atoms with Crippen LogP contribution >= 0.6 is 0 Å². The van der Waals surface area contributed by atoms with Crippen LogP contribution < -0.4 is 0 Å². The van der Waals surface area contributed by atoms with Crippen LogP contribution in [0.25, 0.3) is 0 Å². The van der Waals surface area contributed by atoms with Gasteiger partial charge in [0, 0.05) is 10.9 Å². The van der Waals surface area contributed by atoms with Gasteiger partial charge >= 0.3 is 0 Å². The third kappa shape index (κ3) is 4.51. The fourth-order valence-corrected chi connectivity index (χ4v) is 5.06. The van der Waals surface area contributed by atoms with Crippen LogP contribution in [-0.2, 0) is 10.9 Å². The number of hydrogen-bond donors (Lipinski definition) is 9. The molecule has 1 heterocycles. The van der Waals surface area contributed by atoms with Gasteiger partial charge in [0.05, 0.1) is 13.2 Å². The fourth-order valence-electron chi connectivity index (χ4n) is 2.37. The topological polar surface area (TPSA) is 182 Å². The lowest BCUT2D eigenvalue weighted by Gasteiger charge is -2.28. The van der Waals surface area contributed by atoms with Crippen molar-refractivity contribution in [3.05, 3.63) is 0 Å². The predicted molar refractivity (Wildman–Crippen MR) is 77.1 cm³/mol. The van der Waals surface area contributed by atoms with E-state index in [1.807, 2.05) is 0 Å². The molecule has 0 aromatic rings. The molecule has 1 saturated heterocycles. The van der Waals surface area contributed by atoms with Gasteiger partial charge in [0.15, 0.2) is 5.25 Å². The lowest BCUT2D eigenvalue weighted by Crippen LogP contribution is -2.52. The molecular formula is C12H25O9S+. The Bertz CT molecular complexity index is 334. The lowest BCUT2D eigenvalue weighted by atomic mass is 10.0. The molecule has 1 rings (SSSR count). The standard InChI is InChI=1S/C12H25O9S/c13-1-5(15)10(19)12(21)11(20)7(17)4-22-3-6(16)9(18)8(22)2-14/h5-21H,1-4H2/q+1/t5-,6-,7-,8-,9+,10+,11-,12-,22?/m1/s1. The minimum absolute atomic E-state index is 0.0977. The van der Waals surface area contributed by atoms with Gasteiger partial charge in [0.1, 0.15) is 54.2 Å². The van der Waals surface area contributed by atoms with Crippen molar-refractivity contribution in [1.29, 1.82) is 0 Å². The van der Waals surface area contributed by atoms with Crippen molar-refractivity contribution in [3.63, 3.8) is 0 Å². The molecule has 1 aliphatic rings. The smallest absolute Gasteiger partial charge is 0.169 e. The average molecular weight is 345 g/mol. The van der Waals surface area contributed by atoms with Crippen molar-refractivity contribution in [2.24, 2.45) is 0 Å². The second kappa shape index (κ2) is 8.73. The minimum atomic E-state index is -1.88. The highest BCUT2D eigenvalue weighted by Gasteiger charge is 2.51. The Morgan fingerprint density at radius 3 is 1.91 bits per heavy atom. The lowest BCUT2D eigenvalue weighted by molar-refractivity contribution is -0.136. The van der Waals surface area contributed by atoms with Gasteiger partial charge in [0.2, 0.25) is 0 Å². The first kappa shape index (κ1) is 20.0. The van der Waals surface area contributed by atoms with Crippen molar-refractivity contribution < 1.29 is 46.0 Å². The summed E-state index contributed by atoms with van der Waals surface area (Å²) >= 11 is 0. The number of hydrogen-bond acceptors (Lipinski definition) is 9. The molecule has 1 aliphatic heterocycles. The van der Waals surface area contributed by atoms with Crippen LogP contribution in [0.3, 0.4) is 0 Å². The van der Waals surface area contributed by atoms with Crippen molar-refractivity contribution in [1.82, 2.24) is 0 Å². The summed E-state index contributed by atoms with van der Waals surface area (Å²) in [5, 5.41) is 84.7. The molecule has 132 valence electrons. The third-order valence-electron chi connectivity index (χ3n) is 3.83. The number of rotatable bonds is 8. The number of aliphatic hydroxyl groups excluding tert-OH is 9. The molecule has 9 N–H and O–H groups in total. The van der Waals surface area contributed by atoms with Crippen LogP contribution in [0.1, 0.15) is 0 Å². The predicted octanol–water partition coefficient (Wildman–Crippen LogP) is -5.50. The Hall–Kier alpha value is -0.0100. The maximum absolute atomic E-state index is 9.93. The van der Waals surface area contributed by atoms with E-state index in [4.69, 9.17) is 5.11 Å². The van der Waals surface area contributed by atoms with Crippen LogP contribution in [0.5, 0.6) is 0 Å². The van der Waals surface area contributed by atoms with Gasteiger partial charge in [0.25, 0.3) is 0 Å². The van der Waals surface area contributed by atoms with E-state index >= 15 is 0 Å². The molecule has 0 spiro atoms. The van der Waals surface area contributed by atoms with Gasteiger partial charge in [-0.2, -0.15) is 0 Å². The van der Waals surface area contributed by atoms with E-state index in [0.717, 1.165) is 0 Å². The molecular weight excluding hydrogens is 320 g/mol. The Morgan fingerprint density at radius 1 is 0.864 bits per heavy atom. The maximum Gasteiger partial charge on any atom is 0.169 e. The van der Waals surface area contributed by atoms with E-state index in [1.165, 1.54) is 0 Å². The van der Waals surface area contributed by atoms with E-state index in [-0.39, 0.29) is 11.5 Å². The first-order valence-corrected chi connectivity index (χ1v) is 8.51. The Kier molecular flexibility index (Phi) is 7.95. The molecule has 9 nitrogen and oxygen atoms in total. The fraction of sp³-hybridized carbons (Fsp3) is 1.00. The van der Waals surface area contributed by atoms with Crippen molar-refractivity contribution in [3.8, 4) is 0 Å².